The number of nitrogens with zero attached hydrogens (tertiary/aromatic N) is 2. The molecule has 0 aliphatic heterocycles. The molecule has 1 heterocycles. The topological polar surface area (TPSA) is 56.1 Å². The quantitative estimate of drug-likeness (QED) is 0.618. The number of hydrogen-bond acceptors (Lipinski definition) is 4. The van der Waals surface area contributed by atoms with Crippen molar-refractivity contribution in [2.24, 2.45) is 0 Å². The summed E-state index contributed by atoms with van der Waals surface area (Å²) in [6.07, 6.45) is 4.78. The first-order chi connectivity index (χ1) is 9.79. The van der Waals surface area contributed by atoms with E-state index < -0.39 is 0 Å². The van der Waals surface area contributed by atoms with E-state index >= 15 is 0 Å². The zero-order valence-electron chi connectivity index (χ0n) is 11.6. The van der Waals surface area contributed by atoms with Crippen LogP contribution < -0.4 is 5.32 Å². The number of aromatic nitrogens is 2. The van der Waals surface area contributed by atoms with E-state index in [1.165, 1.54) is 7.11 Å². The predicted molar refractivity (Wildman–Crippen MR) is 76.3 cm³/mol. The van der Waals surface area contributed by atoms with Gasteiger partial charge in [0.05, 0.1) is 12.7 Å². The van der Waals surface area contributed by atoms with Crippen LogP contribution in [0.1, 0.15) is 22.3 Å². The molecule has 1 aromatic heterocycles. The molecule has 0 unspecified atom stereocenters. The molecule has 0 aliphatic carbocycles. The monoisotopic (exact) mass is 273 g/mol. The van der Waals surface area contributed by atoms with Crippen LogP contribution in [0, 0.1) is 0 Å². The maximum absolute atomic E-state index is 11.3. The summed E-state index contributed by atoms with van der Waals surface area (Å²) in [5.41, 5.74) is 1.73. The van der Waals surface area contributed by atoms with Crippen molar-refractivity contribution < 1.29 is 9.53 Å². The molecule has 0 atom stereocenters. The third-order valence-corrected chi connectivity index (χ3v) is 3.00. The number of carbonyl (C=O) groups is 1. The van der Waals surface area contributed by atoms with Gasteiger partial charge in [-0.25, -0.2) is 4.79 Å². The normalized spacial score (nSPS) is 10.4. The number of nitrogens with one attached hydrogen (secondary N) is 1. The second-order valence-corrected chi connectivity index (χ2v) is 4.49. The van der Waals surface area contributed by atoms with E-state index in [9.17, 15) is 4.79 Å². The minimum Gasteiger partial charge on any atom is -0.465 e. The van der Waals surface area contributed by atoms with Gasteiger partial charge in [0, 0.05) is 25.5 Å². The molecule has 0 radical (unpaired) electrons. The lowest BCUT2D eigenvalue weighted by Gasteiger charge is -2.06. The molecule has 2 rings (SSSR count). The van der Waals surface area contributed by atoms with Crippen LogP contribution in [0.4, 0.5) is 0 Å². The van der Waals surface area contributed by atoms with Crippen molar-refractivity contribution >= 4 is 5.97 Å². The second-order valence-electron chi connectivity index (χ2n) is 4.49. The number of methoxy groups -OCH3 is 1. The van der Waals surface area contributed by atoms with Crippen LogP contribution in [0.15, 0.2) is 42.7 Å². The van der Waals surface area contributed by atoms with Gasteiger partial charge in [-0.3, -0.25) is 4.68 Å². The first-order valence-corrected chi connectivity index (χ1v) is 6.65. The van der Waals surface area contributed by atoms with Gasteiger partial charge in [0.15, 0.2) is 0 Å². The lowest BCUT2D eigenvalue weighted by Crippen LogP contribution is -2.16. The Kier molecular flexibility index (Phi) is 5.32. The van der Waals surface area contributed by atoms with Gasteiger partial charge in [-0.1, -0.05) is 12.1 Å². The first kappa shape index (κ1) is 14.3. The Morgan fingerprint density at radius 3 is 2.80 bits per heavy atom. The number of benzene rings is 1. The fourth-order valence-electron chi connectivity index (χ4n) is 1.91. The third kappa shape index (κ3) is 4.20. The summed E-state index contributed by atoms with van der Waals surface area (Å²) in [5, 5.41) is 7.52. The largest absolute Gasteiger partial charge is 0.465 e. The predicted octanol–water partition coefficient (Wildman–Crippen LogP) is 1.85. The van der Waals surface area contributed by atoms with E-state index in [1.807, 2.05) is 29.1 Å². The van der Waals surface area contributed by atoms with E-state index in [0.29, 0.717) is 5.56 Å². The summed E-state index contributed by atoms with van der Waals surface area (Å²) in [6.45, 7) is 2.64. The number of carbonyl (C=O) groups excluding carboxylic acids is 1. The van der Waals surface area contributed by atoms with Crippen LogP contribution in [-0.4, -0.2) is 29.4 Å². The molecule has 0 aliphatic rings. The zero-order valence-corrected chi connectivity index (χ0v) is 11.6. The molecule has 20 heavy (non-hydrogen) atoms. The third-order valence-electron chi connectivity index (χ3n) is 3.00. The lowest BCUT2D eigenvalue weighted by atomic mass is 10.1. The van der Waals surface area contributed by atoms with Gasteiger partial charge in [-0.05, 0) is 36.7 Å². The van der Waals surface area contributed by atoms with Crippen molar-refractivity contribution in [3.05, 3.63) is 53.9 Å². The molecule has 0 amide bonds. The van der Waals surface area contributed by atoms with Crippen molar-refractivity contribution in [2.45, 2.75) is 19.5 Å². The molecule has 2 aromatic rings. The average Bonchev–Trinajstić information content (AvgIpc) is 3.00. The standard InChI is InChI=1S/C15H19N3O2/c1-20-15(19)14-6-4-13(5-7-14)12-16-8-2-10-18-11-3-9-17-18/h3-7,9,11,16H,2,8,10,12H2,1H3. The fraction of sp³-hybridized carbons (Fsp3) is 0.333. The summed E-state index contributed by atoms with van der Waals surface area (Å²) in [7, 11) is 1.39. The smallest absolute Gasteiger partial charge is 0.337 e. The summed E-state index contributed by atoms with van der Waals surface area (Å²) in [4.78, 5) is 11.3. The number of rotatable bonds is 7. The molecule has 0 spiro atoms. The number of ether oxygens (including phenoxy) is 1. The highest BCUT2D eigenvalue weighted by Crippen LogP contribution is 2.05. The van der Waals surface area contributed by atoms with Crippen LogP contribution in [0.5, 0.6) is 0 Å². The van der Waals surface area contributed by atoms with E-state index in [4.69, 9.17) is 0 Å². The molecule has 1 N–H and O–H groups in total. The summed E-state index contributed by atoms with van der Waals surface area (Å²) in [5.74, 6) is -0.302. The van der Waals surface area contributed by atoms with Gasteiger partial charge in [0.2, 0.25) is 0 Å². The van der Waals surface area contributed by atoms with E-state index in [0.717, 1.165) is 31.6 Å². The van der Waals surface area contributed by atoms with Crippen molar-refractivity contribution in [2.75, 3.05) is 13.7 Å². The molecule has 1 aromatic carbocycles. The molecule has 0 saturated heterocycles. The Labute approximate surface area is 118 Å². The highest BCUT2D eigenvalue weighted by Gasteiger charge is 2.03. The van der Waals surface area contributed by atoms with Crippen LogP contribution >= 0.6 is 0 Å². The summed E-state index contributed by atoms with van der Waals surface area (Å²) >= 11 is 0. The van der Waals surface area contributed by atoms with Gasteiger partial charge >= 0.3 is 5.97 Å². The Hall–Kier alpha value is -2.14. The molecule has 0 saturated carbocycles. The lowest BCUT2D eigenvalue weighted by molar-refractivity contribution is 0.0600. The second kappa shape index (κ2) is 7.45. The zero-order chi connectivity index (χ0) is 14.2. The van der Waals surface area contributed by atoms with Gasteiger partial charge in [0.25, 0.3) is 0 Å². The summed E-state index contributed by atoms with van der Waals surface area (Å²) < 4.78 is 6.59. The molecule has 5 heteroatoms. The SMILES string of the molecule is COC(=O)c1ccc(CNCCCn2cccn2)cc1. The molecule has 106 valence electrons. The minimum atomic E-state index is -0.302. The van der Waals surface area contributed by atoms with Crippen LogP contribution in [0.3, 0.4) is 0 Å². The van der Waals surface area contributed by atoms with Crippen molar-refractivity contribution in [3.63, 3.8) is 0 Å². The molecule has 5 nitrogen and oxygen atoms in total. The van der Waals surface area contributed by atoms with E-state index in [-0.39, 0.29) is 5.97 Å². The van der Waals surface area contributed by atoms with Gasteiger partial charge < -0.3 is 10.1 Å². The van der Waals surface area contributed by atoms with Gasteiger partial charge in [0.1, 0.15) is 0 Å². The maximum Gasteiger partial charge on any atom is 0.337 e. The number of hydrogen-bond donors (Lipinski definition) is 1. The molecule has 0 fully saturated rings. The van der Waals surface area contributed by atoms with Crippen molar-refractivity contribution in [3.8, 4) is 0 Å². The van der Waals surface area contributed by atoms with Crippen molar-refractivity contribution in [1.29, 1.82) is 0 Å². The fourth-order valence-corrected chi connectivity index (χ4v) is 1.91. The van der Waals surface area contributed by atoms with E-state index in [1.54, 1.807) is 18.3 Å². The Balaban J connectivity index is 1.67. The summed E-state index contributed by atoms with van der Waals surface area (Å²) in [6, 6.07) is 9.37. The molecule has 0 bridgehead atoms. The van der Waals surface area contributed by atoms with Crippen LogP contribution in [0.2, 0.25) is 0 Å². The Bertz CT molecular complexity index is 521. The first-order valence-electron chi connectivity index (χ1n) is 6.65. The van der Waals surface area contributed by atoms with Gasteiger partial charge in [-0.2, -0.15) is 5.10 Å². The Morgan fingerprint density at radius 2 is 2.15 bits per heavy atom. The van der Waals surface area contributed by atoms with Gasteiger partial charge in [-0.15, -0.1) is 0 Å². The molecular weight excluding hydrogens is 254 g/mol. The molecular formula is C15H19N3O2. The highest BCUT2D eigenvalue weighted by atomic mass is 16.5. The Morgan fingerprint density at radius 1 is 1.35 bits per heavy atom. The average molecular weight is 273 g/mol. The maximum atomic E-state index is 11.3. The number of aryl methyl sites for hydroxylation is 1. The highest BCUT2D eigenvalue weighted by molar-refractivity contribution is 5.89. The number of esters is 1. The van der Waals surface area contributed by atoms with E-state index in [2.05, 4.69) is 15.2 Å². The van der Waals surface area contributed by atoms with Crippen LogP contribution in [0.25, 0.3) is 0 Å². The van der Waals surface area contributed by atoms with Crippen LogP contribution in [-0.2, 0) is 17.8 Å². The van der Waals surface area contributed by atoms with Crippen molar-refractivity contribution in [1.82, 2.24) is 15.1 Å². The minimum absolute atomic E-state index is 0.302.